The first kappa shape index (κ1) is 18.9. The molecule has 0 bridgehead atoms. The summed E-state index contributed by atoms with van der Waals surface area (Å²) in [5.41, 5.74) is 0.160. The summed E-state index contributed by atoms with van der Waals surface area (Å²) in [6, 6.07) is 4.14. The van der Waals surface area contributed by atoms with Gasteiger partial charge in [-0.05, 0) is 24.6 Å². The van der Waals surface area contributed by atoms with E-state index in [1.165, 1.54) is 31.2 Å². The predicted molar refractivity (Wildman–Crippen MR) is 90.1 cm³/mol. The molecule has 1 amide bonds. The number of nitrogens with zero attached hydrogens (tertiary/aromatic N) is 2. The highest BCUT2D eigenvalue weighted by Gasteiger charge is 2.24. The summed E-state index contributed by atoms with van der Waals surface area (Å²) >= 11 is 5.72. The molecule has 8 nitrogen and oxygen atoms in total. The lowest BCUT2D eigenvalue weighted by Gasteiger charge is -2.28. The molecule has 0 aliphatic carbocycles. The van der Waals surface area contributed by atoms with Crippen LogP contribution in [0, 0.1) is 10.1 Å². The summed E-state index contributed by atoms with van der Waals surface area (Å²) in [6.45, 7) is 3.34. The molecule has 9 heteroatoms. The second-order valence-electron chi connectivity index (χ2n) is 5.32. The number of carbonyl (C=O) groups excluding carboxylic acids is 2. The SMILES string of the molecule is CC(OC(=O)/C=C/c1ccc(Cl)c([N+](=O)[O-])c1)C(=O)N1CCOCC1. The zero-order valence-corrected chi connectivity index (χ0v) is 14.3. The Morgan fingerprint density at radius 2 is 2.08 bits per heavy atom. The number of esters is 1. The topological polar surface area (TPSA) is 99.0 Å². The molecule has 1 aliphatic rings. The van der Waals surface area contributed by atoms with Gasteiger partial charge in [-0.1, -0.05) is 17.7 Å². The maximum Gasteiger partial charge on any atom is 0.331 e. The van der Waals surface area contributed by atoms with E-state index in [9.17, 15) is 19.7 Å². The second-order valence-corrected chi connectivity index (χ2v) is 5.73. The van der Waals surface area contributed by atoms with Gasteiger partial charge in [0.1, 0.15) is 5.02 Å². The van der Waals surface area contributed by atoms with Crippen LogP contribution in [-0.2, 0) is 19.1 Å². The Hall–Kier alpha value is -2.45. The zero-order valence-electron chi connectivity index (χ0n) is 13.5. The fourth-order valence-electron chi connectivity index (χ4n) is 2.24. The van der Waals surface area contributed by atoms with Gasteiger partial charge in [-0.2, -0.15) is 0 Å². The molecule has 1 aromatic rings. The second kappa shape index (κ2) is 8.59. The summed E-state index contributed by atoms with van der Waals surface area (Å²) in [5.74, 6) is -1.00. The third kappa shape index (κ3) is 5.27. The molecule has 1 aliphatic heterocycles. The van der Waals surface area contributed by atoms with Gasteiger partial charge < -0.3 is 14.4 Å². The van der Waals surface area contributed by atoms with Crippen molar-refractivity contribution < 1.29 is 24.0 Å². The molecule has 0 aromatic heterocycles. The number of nitro groups is 1. The number of benzene rings is 1. The average molecular weight is 369 g/mol. The highest BCUT2D eigenvalue weighted by molar-refractivity contribution is 6.32. The van der Waals surface area contributed by atoms with E-state index in [-0.39, 0.29) is 16.6 Å². The maximum atomic E-state index is 12.1. The van der Waals surface area contributed by atoms with Gasteiger partial charge in [-0.15, -0.1) is 0 Å². The van der Waals surface area contributed by atoms with E-state index in [0.717, 1.165) is 6.08 Å². The van der Waals surface area contributed by atoms with Crippen molar-refractivity contribution in [1.82, 2.24) is 4.90 Å². The van der Waals surface area contributed by atoms with Crippen molar-refractivity contribution in [2.45, 2.75) is 13.0 Å². The number of hydrogen-bond acceptors (Lipinski definition) is 6. The lowest BCUT2D eigenvalue weighted by molar-refractivity contribution is -0.384. The van der Waals surface area contributed by atoms with Crippen LogP contribution in [0.15, 0.2) is 24.3 Å². The molecule has 0 spiro atoms. The van der Waals surface area contributed by atoms with E-state index in [4.69, 9.17) is 21.1 Å². The number of ether oxygens (including phenoxy) is 2. The minimum atomic E-state index is -0.921. The molecule has 1 aromatic carbocycles. The Kier molecular flexibility index (Phi) is 6.49. The Morgan fingerprint density at radius 1 is 1.40 bits per heavy atom. The highest BCUT2D eigenvalue weighted by atomic mass is 35.5. The van der Waals surface area contributed by atoms with Crippen LogP contribution < -0.4 is 0 Å². The molecule has 134 valence electrons. The Bertz CT molecular complexity index is 700. The molecule has 1 heterocycles. The number of rotatable bonds is 5. The standard InChI is InChI=1S/C16H17ClN2O6/c1-11(16(21)18-6-8-24-9-7-18)25-15(20)5-3-12-2-4-13(17)14(10-12)19(22)23/h2-5,10-11H,6-9H2,1H3/b5-3+. The van der Waals surface area contributed by atoms with Crippen molar-refractivity contribution in [3.05, 3.63) is 45.0 Å². The van der Waals surface area contributed by atoms with E-state index in [2.05, 4.69) is 0 Å². The number of amides is 1. The predicted octanol–water partition coefficient (Wildman–Crippen LogP) is 2.05. The van der Waals surface area contributed by atoms with Gasteiger partial charge in [0.25, 0.3) is 11.6 Å². The first-order valence-corrected chi connectivity index (χ1v) is 7.95. The number of hydrogen-bond donors (Lipinski definition) is 0. The first-order chi connectivity index (χ1) is 11.9. The van der Waals surface area contributed by atoms with Crippen molar-refractivity contribution in [2.75, 3.05) is 26.3 Å². The van der Waals surface area contributed by atoms with Gasteiger partial charge >= 0.3 is 5.97 Å². The Labute approximate surface area is 149 Å². The third-order valence-corrected chi connectivity index (χ3v) is 3.86. The largest absolute Gasteiger partial charge is 0.449 e. The summed E-state index contributed by atoms with van der Waals surface area (Å²) < 4.78 is 10.2. The van der Waals surface area contributed by atoms with E-state index in [1.807, 2.05) is 0 Å². The van der Waals surface area contributed by atoms with E-state index < -0.39 is 17.0 Å². The summed E-state index contributed by atoms with van der Waals surface area (Å²) in [6.07, 6.45) is 1.54. The van der Waals surface area contributed by atoms with E-state index in [1.54, 1.807) is 4.90 Å². The van der Waals surface area contributed by atoms with Crippen LogP contribution in [-0.4, -0.2) is 54.1 Å². The fraction of sp³-hybridized carbons (Fsp3) is 0.375. The number of nitro benzene ring substituents is 1. The Balaban J connectivity index is 1.95. The monoisotopic (exact) mass is 368 g/mol. The minimum Gasteiger partial charge on any atom is -0.449 e. The molecular formula is C16H17ClN2O6. The molecule has 0 saturated carbocycles. The van der Waals surface area contributed by atoms with Gasteiger partial charge in [0.15, 0.2) is 6.10 Å². The maximum absolute atomic E-state index is 12.1. The number of halogens is 1. The van der Waals surface area contributed by atoms with Crippen LogP contribution in [0.3, 0.4) is 0 Å². The molecule has 0 radical (unpaired) electrons. The lowest BCUT2D eigenvalue weighted by atomic mass is 10.2. The highest BCUT2D eigenvalue weighted by Crippen LogP contribution is 2.25. The molecule has 1 unspecified atom stereocenters. The quantitative estimate of drug-likeness (QED) is 0.341. The zero-order chi connectivity index (χ0) is 18.4. The van der Waals surface area contributed by atoms with Crippen molar-refractivity contribution in [3.8, 4) is 0 Å². The Morgan fingerprint density at radius 3 is 2.72 bits per heavy atom. The summed E-state index contributed by atoms with van der Waals surface area (Å²) in [7, 11) is 0. The van der Waals surface area contributed by atoms with Crippen molar-refractivity contribution in [2.24, 2.45) is 0 Å². The molecule has 25 heavy (non-hydrogen) atoms. The van der Waals surface area contributed by atoms with Crippen LogP contribution in [0.2, 0.25) is 5.02 Å². The normalized spacial score (nSPS) is 15.8. The van der Waals surface area contributed by atoms with Gasteiger partial charge in [-0.3, -0.25) is 14.9 Å². The average Bonchev–Trinajstić information content (AvgIpc) is 2.60. The van der Waals surface area contributed by atoms with Crippen molar-refractivity contribution >= 4 is 35.2 Å². The lowest BCUT2D eigenvalue weighted by Crippen LogP contribution is -2.45. The molecule has 1 saturated heterocycles. The minimum absolute atomic E-state index is 0.00876. The molecule has 2 rings (SSSR count). The first-order valence-electron chi connectivity index (χ1n) is 7.57. The number of carbonyl (C=O) groups is 2. The van der Waals surface area contributed by atoms with Crippen LogP contribution >= 0.6 is 11.6 Å². The van der Waals surface area contributed by atoms with Crippen LogP contribution in [0.25, 0.3) is 6.08 Å². The van der Waals surface area contributed by atoms with Gasteiger partial charge in [0.05, 0.1) is 18.1 Å². The van der Waals surface area contributed by atoms with Gasteiger partial charge in [0, 0.05) is 25.2 Å². The molecular weight excluding hydrogens is 352 g/mol. The fourth-order valence-corrected chi connectivity index (χ4v) is 2.43. The molecule has 1 fully saturated rings. The smallest absolute Gasteiger partial charge is 0.331 e. The molecule has 0 N–H and O–H groups in total. The van der Waals surface area contributed by atoms with Crippen LogP contribution in [0.1, 0.15) is 12.5 Å². The summed E-state index contributed by atoms with van der Waals surface area (Å²) in [5, 5.41) is 10.8. The van der Waals surface area contributed by atoms with Gasteiger partial charge in [-0.25, -0.2) is 4.79 Å². The number of morpholine rings is 1. The van der Waals surface area contributed by atoms with Crippen molar-refractivity contribution in [1.29, 1.82) is 0 Å². The van der Waals surface area contributed by atoms with Crippen molar-refractivity contribution in [3.63, 3.8) is 0 Å². The summed E-state index contributed by atoms with van der Waals surface area (Å²) in [4.78, 5) is 35.8. The van der Waals surface area contributed by atoms with E-state index >= 15 is 0 Å². The van der Waals surface area contributed by atoms with Gasteiger partial charge in [0.2, 0.25) is 0 Å². The third-order valence-electron chi connectivity index (χ3n) is 3.54. The van der Waals surface area contributed by atoms with E-state index in [0.29, 0.717) is 31.9 Å². The van der Waals surface area contributed by atoms with Crippen LogP contribution in [0.5, 0.6) is 0 Å². The van der Waals surface area contributed by atoms with Crippen LogP contribution in [0.4, 0.5) is 5.69 Å². The molecule has 1 atom stereocenters.